The van der Waals surface area contributed by atoms with Gasteiger partial charge in [0, 0.05) is 18.8 Å². The maximum atomic E-state index is 13.7. The van der Waals surface area contributed by atoms with Crippen LogP contribution in [0.4, 0.5) is 4.39 Å². The first-order chi connectivity index (χ1) is 9.93. The van der Waals surface area contributed by atoms with Gasteiger partial charge in [-0.2, -0.15) is 5.10 Å². The van der Waals surface area contributed by atoms with Crippen LogP contribution in [0, 0.1) is 26.6 Å². The third kappa shape index (κ3) is 3.32. The molecule has 2 rings (SSSR count). The van der Waals surface area contributed by atoms with Crippen molar-refractivity contribution in [3.63, 3.8) is 0 Å². The first-order valence-electron chi connectivity index (χ1n) is 7.36. The SMILES string of the molecule is CNC(CCc1c(C)nn(C)c1C)c1ccc(C)c(F)c1. The van der Waals surface area contributed by atoms with Crippen LogP contribution >= 0.6 is 0 Å². The molecule has 0 saturated carbocycles. The maximum Gasteiger partial charge on any atom is 0.126 e. The van der Waals surface area contributed by atoms with Crippen molar-refractivity contribution in [1.29, 1.82) is 0 Å². The molecular formula is C17H24FN3. The number of benzene rings is 1. The molecule has 0 aliphatic heterocycles. The van der Waals surface area contributed by atoms with Crippen molar-refractivity contribution in [3.05, 3.63) is 52.1 Å². The Labute approximate surface area is 126 Å². The van der Waals surface area contributed by atoms with Gasteiger partial charge in [0.25, 0.3) is 0 Å². The van der Waals surface area contributed by atoms with Gasteiger partial charge < -0.3 is 5.32 Å². The number of halogens is 1. The fraction of sp³-hybridized carbons (Fsp3) is 0.471. The number of rotatable bonds is 5. The lowest BCUT2D eigenvalue weighted by Gasteiger charge is -2.17. The molecule has 1 N–H and O–H groups in total. The average Bonchev–Trinajstić information content (AvgIpc) is 2.69. The molecule has 0 radical (unpaired) electrons. The number of aryl methyl sites for hydroxylation is 3. The Bertz CT molecular complexity index is 631. The molecule has 4 heteroatoms. The molecule has 0 saturated heterocycles. The number of hydrogen-bond acceptors (Lipinski definition) is 2. The van der Waals surface area contributed by atoms with E-state index in [2.05, 4.69) is 17.3 Å². The van der Waals surface area contributed by atoms with Crippen LogP contribution in [-0.4, -0.2) is 16.8 Å². The van der Waals surface area contributed by atoms with Crippen molar-refractivity contribution in [2.24, 2.45) is 7.05 Å². The molecule has 1 unspecified atom stereocenters. The monoisotopic (exact) mass is 289 g/mol. The molecule has 1 aromatic heterocycles. The van der Waals surface area contributed by atoms with Crippen LogP contribution in [0.2, 0.25) is 0 Å². The standard InChI is InChI=1S/C17H24FN3/c1-11-6-7-14(10-16(11)18)17(19-4)9-8-15-12(2)20-21(5)13(15)3/h6-7,10,17,19H,8-9H2,1-5H3. The molecular weight excluding hydrogens is 265 g/mol. The van der Waals surface area contributed by atoms with Gasteiger partial charge in [0.15, 0.2) is 0 Å². The molecule has 1 heterocycles. The van der Waals surface area contributed by atoms with E-state index in [0.717, 1.165) is 24.1 Å². The van der Waals surface area contributed by atoms with E-state index in [1.807, 2.05) is 37.8 Å². The quantitative estimate of drug-likeness (QED) is 0.914. The van der Waals surface area contributed by atoms with Gasteiger partial charge in [0.1, 0.15) is 5.82 Å². The zero-order chi connectivity index (χ0) is 15.6. The van der Waals surface area contributed by atoms with Gasteiger partial charge in [0.2, 0.25) is 0 Å². The molecule has 0 bridgehead atoms. The molecule has 0 amide bonds. The topological polar surface area (TPSA) is 29.9 Å². The zero-order valence-electron chi connectivity index (χ0n) is 13.5. The summed E-state index contributed by atoms with van der Waals surface area (Å²) in [5, 5.41) is 7.74. The minimum absolute atomic E-state index is 0.138. The lowest BCUT2D eigenvalue weighted by Crippen LogP contribution is -2.17. The second kappa shape index (κ2) is 6.39. The highest BCUT2D eigenvalue weighted by molar-refractivity contribution is 5.28. The number of nitrogens with zero attached hydrogens (tertiary/aromatic N) is 2. The van der Waals surface area contributed by atoms with E-state index in [-0.39, 0.29) is 11.9 Å². The van der Waals surface area contributed by atoms with Gasteiger partial charge in [-0.1, -0.05) is 12.1 Å². The first-order valence-corrected chi connectivity index (χ1v) is 7.36. The summed E-state index contributed by atoms with van der Waals surface area (Å²) in [5.41, 5.74) is 5.27. The lowest BCUT2D eigenvalue weighted by atomic mass is 9.97. The number of hydrogen-bond donors (Lipinski definition) is 1. The molecule has 3 nitrogen and oxygen atoms in total. The van der Waals surface area contributed by atoms with E-state index >= 15 is 0 Å². The van der Waals surface area contributed by atoms with Crippen molar-refractivity contribution in [1.82, 2.24) is 15.1 Å². The third-order valence-corrected chi connectivity index (χ3v) is 4.29. The van der Waals surface area contributed by atoms with Crippen molar-refractivity contribution in [2.75, 3.05) is 7.05 Å². The molecule has 0 spiro atoms. The third-order valence-electron chi connectivity index (χ3n) is 4.29. The van der Waals surface area contributed by atoms with Crippen molar-refractivity contribution < 1.29 is 4.39 Å². The zero-order valence-corrected chi connectivity index (χ0v) is 13.5. The van der Waals surface area contributed by atoms with Gasteiger partial charge in [-0.05, 0) is 63.4 Å². The number of nitrogens with one attached hydrogen (secondary N) is 1. The Morgan fingerprint density at radius 3 is 2.52 bits per heavy atom. The fourth-order valence-corrected chi connectivity index (χ4v) is 2.77. The molecule has 21 heavy (non-hydrogen) atoms. The Morgan fingerprint density at radius 2 is 2.00 bits per heavy atom. The van der Waals surface area contributed by atoms with Gasteiger partial charge in [-0.25, -0.2) is 4.39 Å². The van der Waals surface area contributed by atoms with E-state index in [1.54, 1.807) is 13.0 Å². The second-order valence-corrected chi connectivity index (χ2v) is 5.66. The first kappa shape index (κ1) is 15.7. The highest BCUT2D eigenvalue weighted by Crippen LogP contribution is 2.23. The predicted molar refractivity (Wildman–Crippen MR) is 83.9 cm³/mol. The van der Waals surface area contributed by atoms with Crippen molar-refractivity contribution in [2.45, 2.75) is 39.7 Å². The van der Waals surface area contributed by atoms with Crippen LogP contribution in [0.5, 0.6) is 0 Å². The van der Waals surface area contributed by atoms with Crippen molar-refractivity contribution in [3.8, 4) is 0 Å². The Hall–Kier alpha value is -1.68. The van der Waals surface area contributed by atoms with Crippen LogP contribution in [0.25, 0.3) is 0 Å². The normalized spacial score (nSPS) is 12.7. The van der Waals surface area contributed by atoms with Gasteiger partial charge in [0.05, 0.1) is 5.69 Å². The van der Waals surface area contributed by atoms with Crippen molar-refractivity contribution >= 4 is 0 Å². The fourth-order valence-electron chi connectivity index (χ4n) is 2.77. The van der Waals surface area contributed by atoms with Gasteiger partial charge in [-0.3, -0.25) is 4.68 Å². The summed E-state index contributed by atoms with van der Waals surface area (Å²) in [6.07, 6.45) is 1.86. The minimum Gasteiger partial charge on any atom is -0.313 e. The average molecular weight is 289 g/mol. The summed E-state index contributed by atoms with van der Waals surface area (Å²) in [6, 6.07) is 5.64. The Morgan fingerprint density at radius 1 is 1.29 bits per heavy atom. The molecule has 2 aromatic rings. The highest BCUT2D eigenvalue weighted by atomic mass is 19.1. The van der Waals surface area contributed by atoms with Crippen LogP contribution in [-0.2, 0) is 13.5 Å². The molecule has 0 fully saturated rings. The summed E-state index contributed by atoms with van der Waals surface area (Å²) in [7, 11) is 3.89. The van der Waals surface area contributed by atoms with Gasteiger partial charge in [-0.15, -0.1) is 0 Å². The lowest BCUT2D eigenvalue weighted by molar-refractivity contribution is 0.539. The summed E-state index contributed by atoms with van der Waals surface area (Å²) in [6.45, 7) is 5.92. The van der Waals surface area contributed by atoms with Crippen LogP contribution < -0.4 is 5.32 Å². The van der Waals surface area contributed by atoms with E-state index in [1.165, 1.54) is 11.3 Å². The summed E-state index contributed by atoms with van der Waals surface area (Å²) >= 11 is 0. The molecule has 1 atom stereocenters. The van der Waals surface area contributed by atoms with Crippen LogP contribution in [0.3, 0.4) is 0 Å². The number of aromatic nitrogens is 2. The smallest absolute Gasteiger partial charge is 0.126 e. The molecule has 0 aliphatic rings. The Balaban J connectivity index is 2.14. The van der Waals surface area contributed by atoms with Gasteiger partial charge >= 0.3 is 0 Å². The summed E-state index contributed by atoms with van der Waals surface area (Å²) in [5.74, 6) is -0.138. The Kier molecular flexibility index (Phi) is 4.78. The maximum absolute atomic E-state index is 13.7. The van der Waals surface area contributed by atoms with Crippen LogP contribution in [0.1, 0.15) is 40.5 Å². The highest BCUT2D eigenvalue weighted by Gasteiger charge is 2.14. The van der Waals surface area contributed by atoms with E-state index in [9.17, 15) is 4.39 Å². The van der Waals surface area contributed by atoms with E-state index < -0.39 is 0 Å². The predicted octanol–water partition coefficient (Wildman–Crippen LogP) is 3.38. The molecule has 0 aliphatic carbocycles. The van der Waals surface area contributed by atoms with E-state index in [4.69, 9.17) is 0 Å². The largest absolute Gasteiger partial charge is 0.313 e. The second-order valence-electron chi connectivity index (χ2n) is 5.66. The van der Waals surface area contributed by atoms with Crippen LogP contribution in [0.15, 0.2) is 18.2 Å². The van der Waals surface area contributed by atoms with E-state index in [0.29, 0.717) is 5.56 Å². The molecule has 114 valence electrons. The summed E-state index contributed by atoms with van der Waals surface area (Å²) < 4.78 is 15.7. The summed E-state index contributed by atoms with van der Waals surface area (Å²) in [4.78, 5) is 0. The molecule has 1 aromatic carbocycles. The minimum atomic E-state index is -0.138.